The average Bonchev–Trinajstić information content (AvgIpc) is 2.43. The highest BCUT2D eigenvalue weighted by Gasteiger charge is 2.26. The number of carbonyl (C=O) groups is 2. The molecule has 1 aromatic carbocycles. The number of ether oxygens (including phenoxy) is 1. The Balaban J connectivity index is 2.67. The molecule has 0 aromatic heterocycles. The van der Waals surface area contributed by atoms with Crippen LogP contribution in [0, 0.1) is 11.7 Å². The number of nitrogens with one attached hydrogen (secondary N) is 1. The lowest BCUT2D eigenvalue weighted by Crippen LogP contribution is -2.51. The van der Waals surface area contributed by atoms with Crippen molar-refractivity contribution in [1.29, 1.82) is 0 Å². The Morgan fingerprint density at radius 2 is 2.05 bits per heavy atom. The van der Waals surface area contributed by atoms with E-state index in [4.69, 9.17) is 10.5 Å². The summed E-state index contributed by atoms with van der Waals surface area (Å²) >= 11 is 0. The Morgan fingerprint density at radius 1 is 1.38 bits per heavy atom. The van der Waals surface area contributed by atoms with Gasteiger partial charge in [0.15, 0.2) is 6.10 Å². The van der Waals surface area contributed by atoms with Crippen LogP contribution in [-0.2, 0) is 9.59 Å². The molecule has 0 radical (unpaired) electrons. The summed E-state index contributed by atoms with van der Waals surface area (Å²) < 4.78 is 18.4. The standard InChI is InChI=1S/C15H21FN2O3/c1-4-9(2)13(14(17)19)18-15(20)10(3)21-12-7-5-6-11(16)8-12/h5-10,13H,4H2,1-3H3,(H2,17,19)(H,18,20). The Bertz CT molecular complexity index is 507. The molecule has 0 aliphatic heterocycles. The molecule has 6 heteroatoms. The first kappa shape index (κ1) is 16.9. The van der Waals surface area contributed by atoms with Gasteiger partial charge < -0.3 is 15.8 Å². The first-order chi connectivity index (χ1) is 9.85. The van der Waals surface area contributed by atoms with Gasteiger partial charge in [0.1, 0.15) is 17.6 Å². The van der Waals surface area contributed by atoms with Gasteiger partial charge in [-0.2, -0.15) is 0 Å². The van der Waals surface area contributed by atoms with Gasteiger partial charge in [-0.05, 0) is 25.0 Å². The van der Waals surface area contributed by atoms with Crippen molar-refractivity contribution in [3.8, 4) is 5.75 Å². The molecular formula is C15H21FN2O3. The van der Waals surface area contributed by atoms with Crippen LogP contribution in [0.3, 0.4) is 0 Å². The van der Waals surface area contributed by atoms with Crippen molar-refractivity contribution < 1.29 is 18.7 Å². The molecule has 1 rings (SSSR count). The molecule has 3 atom stereocenters. The molecule has 0 fully saturated rings. The van der Waals surface area contributed by atoms with Gasteiger partial charge in [0.25, 0.3) is 5.91 Å². The Kier molecular flexibility index (Phi) is 6.14. The Labute approximate surface area is 123 Å². The summed E-state index contributed by atoms with van der Waals surface area (Å²) in [6.07, 6.45) is -0.162. The minimum atomic E-state index is -0.863. The number of hydrogen-bond acceptors (Lipinski definition) is 3. The van der Waals surface area contributed by atoms with Crippen LogP contribution in [0.15, 0.2) is 24.3 Å². The lowest BCUT2D eigenvalue weighted by atomic mass is 9.98. The van der Waals surface area contributed by atoms with Crippen LogP contribution in [0.5, 0.6) is 5.75 Å². The van der Waals surface area contributed by atoms with Crippen molar-refractivity contribution in [1.82, 2.24) is 5.32 Å². The minimum Gasteiger partial charge on any atom is -0.481 e. The predicted octanol–water partition coefficient (Wildman–Crippen LogP) is 1.61. The molecule has 0 saturated heterocycles. The van der Waals surface area contributed by atoms with Gasteiger partial charge in [-0.15, -0.1) is 0 Å². The molecule has 0 aliphatic carbocycles. The molecular weight excluding hydrogens is 275 g/mol. The van der Waals surface area contributed by atoms with Crippen LogP contribution in [0.1, 0.15) is 27.2 Å². The van der Waals surface area contributed by atoms with Crippen molar-refractivity contribution >= 4 is 11.8 Å². The summed E-state index contributed by atoms with van der Waals surface area (Å²) in [6, 6.07) is 4.75. The summed E-state index contributed by atoms with van der Waals surface area (Å²) in [4.78, 5) is 23.4. The third-order valence-corrected chi connectivity index (χ3v) is 3.30. The van der Waals surface area contributed by atoms with Gasteiger partial charge in [-0.25, -0.2) is 4.39 Å². The monoisotopic (exact) mass is 296 g/mol. The third-order valence-electron chi connectivity index (χ3n) is 3.30. The second-order valence-electron chi connectivity index (χ2n) is 4.99. The smallest absolute Gasteiger partial charge is 0.261 e. The number of nitrogens with two attached hydrogens (primary N) is 1. The van der Waals surface area contributed by atoms with E-state index in [9.17, 15) is 14.0 Å². The van der Waals surface area contributed by atoms with Gasteiger partial charge in [-0.3, -0.25) is 9.59 Å². The van der Waals surface area contributed by atoms with Crippen LogP contribution in [0.2, 0.25) is 0 Å². The maximum absolute atomic E-state index is 13.0. The molecule has 3 unspecified atom stereocenters. The SMILES string of the molecule is CCC(C)C(NC(=O)C(C)Oc1cccc(F)c1)C(N)=O. The molecule has 3 N–H and O–H groups in total. The lowest BCUT2D eigenvalue weighted by molar-refractivity contribution is -0.132. The molecule has 0 saturated carbocycles. The molecule has 2 amide bonds. The highest BCUT2D eigenvalue weighted by Crippen LogP contribution is 2.14. The van der Waals surface area contributed by atoms with Gasteiger partial charge >= 0.3 is 0 Å². The van der Waals surface area contributed by atoms with Crippen molar-refractivity contribution in [2.75, 3.05) is 0 Å². The highest BCUT2D eigenvalue weighted by molar-refractivity contribution is 5.88. The predicted molar refractivity (Wildman–Crippen MR) is 77.1 cm³/mol. The van der Waals surface area contributed by atoms with Crippen molar-refractivity contribution in [3.63, 3.8) is 0 Å². The fraction of sp³-hybridized carbons (Fsp3) is 0.467. The van der Waals surface area contributed by atoms with E-state index in [0.29, 0.717) is 6.42 Å². The van der Waals surface area contributed by atoms with Gasteiger partial charge in [0.2, 0.25) is 5.91 Å². The normalized spacial score (nSPS) is 14.9. The third kappa shape index (κ3) is 5.06. The molecule has 0 bridgehead atoms. The van der Waals surface area contributed by atoms with E-state index in [-0.39, 0.29) is 11.7 Å². The number of carbonyl (C=O) groups excluding carboxylic acids is 2. The zero-order valence-corrected chi connectivity index (χ0v) is 12.4. The topological polar surface area (TPSA) is 81.4 Å². The second kappa shape index (κ2) is 7.61. The first-order valence-corrected chi connectivity index (χ1v) is 6.87. The molecule has 0 aliphatic rings. The van der Waals surface area contributed by atoms with E-state index in [1.807, 2.05) is 13.8 Å². The van der Waals surface area contributed by atoms with Crippen LogP contribution in [0.4, 0.5) is 4.39 Å². The number of halogens is 1. The van der Waals surface area contributed by atoms with E-state index < -0.39 is 29.8 Å². The van der Waals surface area contributed by atoms with E-state index in [0.717, 1.165) is 0 Å². The van der Waals surface area contributed by atoms with Crippen LogP contribution in [-0.4, -0.2) is 24.0 Å². The molecule has 5 nitrogen and oxygen atoms in total. The van der Waals surface area contributed by atoms with E-state index in [2.05, 4.69) is 5.32 Å². The van der Waals surface area contributed by atoms with Crippen molar-refractivity contribution in [2.24, 2.45) is 11.7 Å². The molecule has 1 aromatic rings. The number of primary amides is 1. The summed E-state index contributed by atoms with van der Waals surface area (Å²) in [5.74, 6) is -1.33. The summed E-state index contributed by atoms with van der Waals surface area (Å²) in [6.45, 7) is 5.25. The number of amides is 2. The van der Waals surface area contributed by atoms with Crippen LogP contribution in [0.25, 0.3) is 0 Å². The maximum Gasteiger partial charge on any atom is 0.261 e. The van der Waals surface area contributed by atoms with E-state index in [1.165, 1.54) is 25.1 Å². The second-order valence-corrected chi connectivity index (χ2v) is 4.99. The molecule has 0 spiro atoms. The number of benzene rings is 1. The van der Waals surface area contributed by atoms with Gasteiger partial charge in [0.05, 0.1) is 0 Å². The van der Waals surface area contributed by atoms with Gasteiger partial charge in [-0.1, -0.05) is 26.3 Å². The zero-order valence-electron chi connectivity index (χ0n) is 12.4. The average molecular weight is 296 g/mol. The minimum absolute atomic E-state index is 0.0761. The summed E-state index contributed by atoms with van der Waals surface area (Å²) in [5.41, 5.74) is 5.29. The molecule has 0 heterocycles. The number of rotatable bonds is 7. The van der Waals surface area contributed by atoms with Crippen molar-refractivity contribution in [3.05, 3.63) is 30.1 Å². The van der Waals surface area contributed by atoms with Gasteiger partial charge in [0, 0.05) is 6.07 Å². The highest BCUT2D eigenvalue weighted by atomic mass is 19.1. The van der Waals surface area contributed by atoms with Crippen molar-refractivity contribution in [2.45, 2.75) is 39.3 Å². The maximum atomic E-state index is 13.0. The summed E-state index contributed by atoms with van der Waals surface area (Å²) in [7, 11) is 0. The lowest BCUT2D eigenvalue weighted by Gasteiger charge is -2.23. The Hall–Kier alpha value is -2.11. The Morgan fingerprint density at radius 3 is 2.57 bits per heavy atom. The summed E-state index contributed by atoms with van der Waals surface area (Å²) in [5, 5.41) is 2.57. The number of hydrogen-bond donors (Lipinski definition) is 2. The quantitative estimate of drug-likeness (QED) is 0.802. The first-order valence-electron chi connectivity index (χ1n) is 6.87. The molecule has 116 valence electrons. The fourth-order valence-electron chi connectivity index (χ4n) is 1.80. The fourth-order valence-corrected chi connectivity index (χ4v) is 1.80. The largest absolute Gasteiger partial charge is 0.481 e. The van der Waals surface area contributed by atoms with E-state index in [1.54, 1.807) is 6.07 Å². The van der Waals surface area contributed by atoms with Crippen LogP contribution >= 0.6 is 0 Å². The van der Waals surface area contributed by atoms with Crippen LogP contribution < -0.4 is 15.8 Å². The zero-order chi connectivity index (χ0) is 16.0. The molecule has 21 heavy (non-hydrogen) atoms. The van der Waals surface area contributed by atoms with E-state index >= 15 is 0 Å².